The van der Waals surface area contributed by atoms with Crippen molar-refractivity contribution in [3.05, 3.63) is 106 Å². The second kappa shape index (κ2) is 13.5. The van der Waals surface area contributed by atoms with Crippen LogP contribution in [-0.2, 0) is 28.3 Å². The van der Waals surface area contributed by atoms with Crippen molar-refractivity contribution >= 4 is 35.2 Å². The lowest BCUT2D eigenvalue weighted by Gasteiger charge is -2.32. The minimum Gasteiger partial charge on any atom is -0.352 e. The highest BCUT2D eigenvalue weighted by Crippen LogP contribution is 2.25. The van der Waals surface area contributed by atoms with Gasteiger partial charge in [0.2, 0.25) is 11.8 Å². The summed E-state index contributed by atoms with van der Waals surface area (Å²) in [5, 5.41) is 3.33. The normalized spacial score (nSPS) is 11.8. The maximum Gasteiger partial charge on any atom is 0.243 e. The number of hydrogen-bond donors (Lipinski definition) is 1. The summed E-state index contributed by atoms with van der Waals surface area (Å²) in [4.78, 5) is 28.7. The van der Waals surface area contributed by atoms with Gasteiger partial charge in [0.1, 0.15) is 11.9 Å². The van der Waals surface area contributed by atoms with Gasteiger partial charge in [-0.05, 0) is 49.6 Å². The number of carbonyl (C=O) groups excluding carboxylic acids is 2. The standard InChI is InChI=1S/C29H32ClFN2O2S/c1-20(2)32-29(35)27(16-22-11-5-4-6-12-22)33(17-23-13-8-7-10-21(23)3)28(34)19-36-18-24-25(30)14-9-15-26(24)31/h4-15,20,27H,16-19H2,1-3H3,(H,32,35)/t27-/m0/s1. The number of nitrogens with zero attached hydrogens (tertiary/aromatic N) is 1. The van der Waals surface area contributed by atoms with Gasteiger partial charge >= 0.3 is 0 Å². The third-order valence-electron chi connectivity index (χ3n) is 5.84. The lowest BCUT2D eigenvalue weighted by Crippen LogP contribution is -2.52. The number of rotatable bonds is 11. The highest BCUT2D eigenvalue weighted by Gasteiger charge is 2.31. The number of benzene rings is 3. The van der Waals surface area contributed by atoms with E-state index in [1.54, 1.807) is 17.0 Å². The number of thioether (sulfide) groups is 1. The van der Waals surface area contributed by atoms with E-state index in [0.717, 1.165) is 16.7 Å². The van der Waals surface area contributed by atoms with E-state index in [9.17, 15) is 14.0 Å². The Balaban J connectivity index is 1.88. The van der Waals surface area contributed by atoms with Gasteiger partial charge < -0.3 is 10.2 Å². The van der Waals surface area contributed by atoms with Gasteiger partial charge in [0.25, 0.3) is 0 Å². The lowest BCUT2D eigenvalue weighted by atomic mass is 10.0. The zero-order valence-electron chi connectivity index (χ0n) is 20.8. The molecule has 0 bridgehead atoms. The number of aryl methyl sites for hydroxylation is 1. The predicted molar refractivity (Wildman–Crippen MR) is 147 cm³/mol. The Bertz CT molecular complexity index is 1150. The Morgan fingerprint density at radius 1 is 1.00 bits per heavy atom. The molecule has 0 fully saturated rings. The molecule has 4 nitrogen and oxygen atoms in total. The van der Waals surface area contributed by atoms with Crippen LogP contribution in [0.15, 0.2) is 72.8 Å². The van der Waals surface area contributed by atoms with Gasteiger partial charge in [0.05, 0.1) is 5.75 Å². The first-order valence-electron chi connectivity index (χ1n) is 11.9. The number of hydrogen-bond acceptors (Lipinski definition) is 3. The van der Waals surface area contributed by atoms with Crippen LogP contribution in [0, 0.1) is 12.7 Å². The Kier molecular flexibility index (Phi) is 10.4. The Labute approximate surface area is 222 Å². The summed E-state index contributed by atoms with van der Waals surface area (Å²) in [6.45, 7) is 6.10. The topological polar surface area (TPSA) is 49.4 Å². The molecule has 0 unspecified atom stereocenters. The molecular formula is C29H32ClFN2O2S. The van der Waals surface area contributed by atoms with Gasteiger partial charge in [0, 0.05) is 35.3 Å². The van der Waals surface area contributed by atoms with E-state index in [-0.39, 0.29) is 29.4 Å². The summed E-state index contributed by atoms with van der Waals surface area (Å²) in [7, 11) is 0. The van der Waals surface area contributed by atoms with Crippen molar-refractivity contribution in [3.8, 4) is 0 Å². The van der Waals surface area contributed by atoms with Crippen molar-refractivity contribution in [2.45, 2.75) is 51.6 Å². The van der Waals surface area contributed by atoms with Crippen molar-refractivity contribution in [1.29, 1.82) is 0 Å². The van der Waals surface area contributed by atoms with E-state index in [4.69, 9.17) is 11.6 Å². The first kappa shape index (κ1) is 27.8. The fraction of sp³-hybridized carbons (Fsp3) is 0.310. The molecule has 1 N–H and O–H groups in total. The highest BCUT2D eigenvalue weighted by atomic mass is 35.5. The zero-order valence-corrected chi connectivity index (χ0v) is 22.4. The molecule has 3 aromatic carbocycles. The van der Waals surface area contributed by atoms with Crippen LogP contribution in [0.25, 0.3) is 0 Å². The van der Waals surface area contributed by atoms with Gasteiger partial charge in [-0.15, -0.1) is 11.8 Å². The van der Waals surface area contributed by atoms with Gasteiger partial charge in [0.15, 0.2) is 0 Å². The van der Waals surface area contributed by atoms with E-state index in [1.165, 1.54) is 17.8 Å². The van der Waals surface area contributed by atoms with Crippen LogP contribution in [0.2, 0.25) is 5.02 Å². The number of amides is 2. The van der Waals surface area contributed by atoms with Crippen LogP contribution in [0.5, 0.6) is 0 Å². The first-order valence-corrected chi connectivity index (χ1v) is 13.5. The van der Waals surface area contributed by atoms with Crippen LogP contribution >= 0.6 is 23.4 Å². The summed E-state index contributed by atoms with van der Waals surface area (Å²) in [6, 6.07) is 21.3. The molecule has 2 amide bonds. The summed E-state index contributed by atoms with van der Waals surface area (Å²) >= 11 is 7.45. The van der Waals surface area contributed by atoms with E-state index in [0.29, 0.717) is 23.6 Å². The summed E-state index contributed by atoms with van der Waals surface area (Å²) in [5.41, 5.74) is 3.36. The quantitative estimate of drug-likeness (QED) is 0.324. The van der Waals surface area contributed by atoms with Gasteiger partial charge in [-0.1, -0.05) is 72.3 Å². The third-order valence-corrected chi connectivity index (χ3v) is 7.14. The largest absolute Gasteiger partial charge is 0.352 e. The molecule has 0 aliphatic heterocycles. The molecule has 0 radical (unpaired) electrons. The summed E-state index contributed by atoms with van der Waals surface area (Å²) in [5.74, 6) is -0.417. The van der Waals surface area contributed by atoms with Crippen LogP contribution in [0.3, 0.4) is 0 Å². The number of carbonyl (C=O) groups is 2. The molecule has 0 aromatic heterocycles. The van der Waals surface area contributed by atoms with Gasteiger partial charge in [-0.3, -0.25) is 9.59 Å². The molecule has 3 rings (SSSR count). The van der Waals surface area contributed by atoms with E-state index < -0.39 is 11.9 Å². The minimum atomic E-state index is -0.695. The highest BCUT2D eigenvalue weighted by molar-refractivity contribution is 7.99. The molecule has 190 valence electrons. The van der Waals surface area contributed by atoms with E-state index in [1.807, 2.05) is 75.4 Å². The minimum absolute atomic E-state index is 0.0660. The van der Waals surface area contributed by atoms with Crippen LogP contribution in [-0.4, -0.2) is 34.6 Å². The molecule has 0 saturated heterocycles. The summed E-state index contributed by atoms with van der Waals surface area (Å²) < 4.78 is 14.2. The smallest absolute Gasteiger partial charge is 0.243 e. The molecule has 1 atom stereocenters. The van der Waals surface area contributed by atoms with Crippen molar-refractivity contribution < 1.29 is 14.0 Å². The average molecular weight is 527 g/mol. The zero-order chi connectivity index (χ0) is 26.1. The SMILES string of the molecule is Cc1ccccc1CN(C(=O)CSCc1c(F)cccc1Cl)[C@@H](Cc1ccccc1)C(=O)NC(C)C. The maximum absolute atomic E-state index is 14.2. The van der Waals surface area contributed by atoms with Crippen molar-refractivity contribution in [3.63, 3.8) is 0 Å². The fourth-order valence-electron chi connectivity index (χ4n) is 3.90. The number of halogens is 2. The summed E-state index contributed by atoms with van der Waals surface area (Å²) in [6.07, 6.45) is 0.390. The molecule has 0 heterocycles. The molecule has 0 aliphatic carbocycles. The Hall–Kier alpha value is -2.83. The fourth-order valence-corrected chi connectivity index (χ4v) is 5.15. The predicted octanol–water partition coefficient (Wildman–Crippen LogP) is 6.19. The molecule has 0 spiro atoms. The molecular weight excluding hydrogens is 495 g/mol. The van der Waals surface area contributed by atoms with Crippen LogP contribution in [0.4, 0.5) is 4.39 Å². The van der Waals surface area contributed by atoms with Crippen molar-refractivity contribution in [1.82, 2.24) is 10.2 Å². The lowest BCUT2D eigenvalue weighted by molar-refractivity contribution is -0.139. The molecule has 3 aromatic rings. The maximum atomic E-state index is 14.2. The van der Waals surface area contributed by atoms with Crippen molar-refractivity contribution in [2.24, 2.45) is 0 Å². The molecule has 0 saturated carbocycles. The second-order valence-corrected chi connectivity index (χ2v) is 10.4. The molecule has 7 heteroatoms. The van der Waals surface area contributed by atoms with Crippen molar-refractivity contribution in [2.75, 3.05) is 5.75 Å². The molecule has 36 heavy (non-hydrogen) atoms. The second-order valence-electron chi connectivity index (χ2n) is 9.01. The average Bonchev–Trinajstić information content (AvgIpc) is 2.84. The first-order chi connectivity index (χ1) is 17.3. The van der Waals surface area contributed by atoms with Gasteiger partial charge in [-0.25, -0.2) is 4.39 Å². The molecule has 0 aliphatic rings. The van der Waals surface area contributed by atoms with Gasteiger partial charge in [-0.2, -0.15) is 0 Å². The number of nitrogens with one attached hydrogen (secondary N) is 1. The van der Waals surface area contributed by atoms with Crippen LogP contribution in [0.1, 0.15) is 36.1 Å². The Morgan fingerprint density at radius 3 is 2.36 bits per heavy atom. The van der Waals surface area contributed by atoms with E-state index >= 15 is 0 Å². The Morgan fingerprint density at radius 2 is 1.69 bits per heavy atom. The van der Waals surface area contributed by atoms with Crippen LogP contribution < -0.4 is 5.32 Å². The monoisotopic (exact) mass is 526 g/mol. The van der Waals surface area contributed by atoms with E-state index in [2.05, 4.69) is 5.32 Å². The third kappa shape index (κ3) is 7.84.